The highest BCUT2D eigenvalue weighted by Crippen LogP contribution is 2.34. The van der Waals surface area contributed by atoms with Crippen molar-refractivity contribution in [1.82, 2.24) is 15.5 Å². The molecule has 0 saturated carbocycles. The summed E-state index contributed by atoms with van der Waals surface area (Å²) in [7, 11) is 3.37. The lowest BCUT2D eigenvalue weighted by Crippen LogP contribution is -2.52. The van der Waals surface area contributed by atoms with Crippen LogP contribution < -0.4 is 10.6 Å². The van der Waals surface area contributed by atoms with Crippen LogP contribution >= 0.6 is 15.9 Å². The summed E-state index contributed by atoms with van der Waals surface area (Å²) in [4.78, 5) is 25.6. The molecule has 20 heavy (non-hydrogen) atoms. The van der Waals surface area contributed by atoms with Crippen molar-refractivity contribution in [2.75, 3.05) is 14.1 Å². The van der Waals surface area contributed by atoms with E-state index in [0.717, 1.165) is 10.0 Å². The maximum absolute atomic E-state index is 12.4. The van der Waals surface area contributed by atoms with Crippen molar-refractivity contribution in [3.8, 4) is 0 Å². The van der Waals surface area contributed by atoms with Crippen molar-refractivity contribution < 1.29 is 9.59 Å². The Bertz CT molecular complexity index is 571. The minimum atomic E-state index is -0.540. The molecule has 1 aromatic rings. The fourth-order valence-electron chi connectivity index (χ4n) is 2.24. The average molecular weight is 338 g/mol. The molecular formula is C14H16BrN3O2. The molecule has 1 aliphatic heterocycles. The molecule has 1 heterocycles. The smallest absolute Gasteiger partial charge is 0.319 e. The molecule has 2 N–H and O–H groups in total. The van der Waals surface area contributed by atoms with Crippen molar-refractivity contribution in [1.29, 1.82) is 0 Å². The van der Waals surface area contributed by atoms with Gasteiger partial charge in [-0.15, -0.1) is 0 Å². The lowest BCUT2D eigenvalue weighted by molar-refractivity contribution is -0.132. The lowest BCUT2D eigenvalue weighted by atomic mass is 9.88. The van der Waals surface area contributed by atoms with E-state index in [0.29, 0.717) is 5.70 Å². The van der Waals surface area contributed by atoms with Crippen LogP contribution in [0.5, 0.6) is 0 Å². The third-order valence-electron chi connectivity index (χ3n) is 3.22. The Morgan fingerprint density at radius 3 is 2.60 bits per heavy atom. The first-order valence-corrected chi connectivity index (χ1v) is 6.93. The summed E-state index contributed by atoms with van der Waals surface area (Å²) in [6.07, 6.45) is 0. The summed E-state index contributed by atoms with van der Waals surface area (Å²) in [5.41, 5.74) is 1.26. The quantitative estimate of drug-likeness (QED) is 0.867. The van der Waals surface area contributed by atoms with Crippen molar-refractivity contribution in [3.05, 3.63) is 46.6 Å². The lowest BCUT2D eigenvalue weighted by Gasteiger charge is -2.35. The average Bonchev–Trinajstić information content (AvgIpc) is 2.37. The fraction of sp³-hybridized carbons (Fsp3) is 0.286. The maximum atomic E-state index is 12.4. The van der Waals surface area contributed by atoms with Gasteiger partial charge in [0.2, 0.25) is 5.91 Å². The molecule has 5 nitrogen and oxygen atoms in total. The molecule has 3 amide bonds. The predicted octanol–water partition coefficient (Wildman–Crippen LogP) is 2.02. The zero-order chi connectivity index (χ0) is 14.9. The second kappa shape index (κ2) is 5.66. The minimum Gasteiger partial charge on any atom is -0.348 e. The van der Waals surface area contributed by atoms with E-state index < -0.39 is 12.0 Å². The highest BCUT2D eigenvalue weighted by atomic mass is 79.9. The highest BCUT2D eigenvalue weighted by molar-refractivity contribution is 9.10. The molecule has 1 aliphatic rings. The van der Waals surface area contributed by atoms with E-state index in [1.165, 1.54) is 4.90 Å². The number of carbonyl (C=O) groups is 2. The molecule has 106 valence electrons. The summed E-state index contributed by atoms with van der Waals surface area (Å²) >= 11 is 3.46. The molecule has 0 radical (unpaired) electrons. The number of amides is 3. The molecule has 2 rings (SSSR count). The van der Waals surface area contributed by atoms with Gasteiger partial charge in [-0.1, -0.05) is 40.7 Å². The molecule has 0 bridgehead atoms. The van der Waals surface area contributed by atoms with E-state index in [4.69, 9.17) is 0 Å². The Labute approximate surface area is 126 Å². The predicted molar refractivity (Wildman–Crippen MR) is 79.9 cm³/mol. The van der Waals surface area contributed by atoms with Crippen molar-refractivity contribution >= 4 is 27.9 Å². The minimum absolute atomic E-state index is 0.108. The van der Waals surface area contributed by atoms with Crippen LogP contribution in [-0.4, -0.2) is 30.9 Å². The first-order chi connectivity index (χ1) is 9.41. The molecule has 6 heteroatoms. The van der Waals surface area contributed by atoms with Gasteiger partial charge in [-0.2, -0.15) is 0 Å². The monoisotopic (exact) mass is 337 g/mol. The summed E-state index contributed by atoms with van der Waals surface area (Å²) < 4.78 is 0.844. The number of halogens is 1. The summed E-state index contributed by atoms with van der Waals surface area (Å²) in [6.45, 7) is 3.82. The largest absolute Gasteiger partial charge is 0.348 e. The normalized spacial score (nSPS) is 21.9. The number of hydrogen-bond acceptors (Lipinski definition) is 2. The summed E-state index contributed by atoms with van der Waals surface area (Å²) in [5, 5.41) is 5.38. The first kappa shape index (κ1) is 14.6. The van der Waals surface area contributed by atoms with Crippen LogP contribution in [0.2, 0.25) is 0 Å². The second-order valence-corrected chi connectivity index (χ2v) is 5.69. The van der Waals surface area contributed by atoms with E-state index in [1.54, 1.807) is 14.1 Å². The molecular weight excluding hydrogens is 322 g/mol. The topological polar surface area (TPSA) is 61.4 Å². The van der Waals surface area contributed by atoms with Gasteiger partial charge in [-0.3, -0.25) is 4.79 Å². The zero-order valence-electron chi connectivity index (χ0n) is 11.3. The van der Waals surface area contributed by atoms with Crippen molar-refractivity contribution in [2.45, 2.75) is 6.04 Å². The third-order valence-corrected chi connectivity index (χ3v) is 3.94. The number of hydrogen-bond donors (Lipinski definition) is 2. The standard InChI is InChI=1S/C14H16BrN3O2/c1-8-11(13(19)18(2)3)12(17-14(20)16-8)9-6-4-5-7-10(9)15/h4-7,11-12H,1H2,2-3H3,(H2,16,17,20)/t11-,12-/m0/s1. The van der Waals surface area contributed by atoms with Gasteiger partial charge in [0, 0.05) is 24.3 Å². The van der Waals surface area contributed by atoms with Gasteiger partial charge in [0.25, 0.3) is 0 Å². The number of carbonyl (C=O) groups excluding carboxylic acids is 2. The molecule has 0 spiro atoms. The number of urea groups is 1. The number of benzene rings is 1. The van der Waals surface area contributed by atoms with Crippen molar-refractivity contribution in [2.24, 2.45) is 5.92 Å². The SMILES string of the molecule is C=C1NC(=O)N[C@@H](c2ccccc2Br)[C@H]1C(=O)N(C)C. The van der Waals surface area contributed by atoms with Crippen LogP contribution in [0, 0.1) is 5.92 Å². The number of nitrogens with one attached hydrogen (secondary N) is 2. The Balaban J connectivity index is 2.45. The zero-order valence-corrected chi connectivity index (χ0v) is 12.9. The van der Waals surface area contributed by atoms with Gasteiger partial charge in [0.15, 0.2) is 0 Å². The molecule has 1 saturated heterocycles. The van der Waals surface area contributed by atoms with E-state index in [2.05, 4.69) is 33.1 Å². The highest BCUT2D eigenvalue weighted by Gasteiger charge is 2.39. The van der Waals surface area contributed by atoms with Gasteiger partial charge in [0.05, 0.1) is 6.04 Å². The molecule has 1 fully saturated rings. The maximum Gasteiger partial charge on any atom is 0.319 e. The molecule has 0 unspecified atom stereocenters. The Morgan fingerprint density at radius 2 is 2.00 bits per heavy atom. The van der Waals surface area contributed by atoms with Gasteiger partial charge in [-0.25, -0.2) is 4.79 Å². The number of rotatable bonds is 2. The molecule has 0 aromatic heterocycles. The summed E-state index contributed by atoms with van der Waals surface area (Å²) in [6, 6.07) is 6.72. The van der Waals surface area contributed by atoms with Gasteiger partial charge in [-0.05, 0) is 11.6 Å². The van der Waals surface area contributed by atoms with Crippen LogP contribution in [-0.2, 0) is 4.79 Å². The first-order valence-electron chi connectivity index (χ1n) is 6.13. The van der Waals surface area contributed by atoms with E-state index in [1.807, 2.05) is 24.3 Å². The van der Waals surface area contributed by atoms with E-state index in [9.17, 15) is 9.59 Å². The number of nitrogens with zero attached hydrogens (tertiary/aromatic N) is 1. The van der Waals surface area contributed by atoms with Crippen LogP contribution in [0.4, 0.5) is 4.79 Å². The van der Waals surface area contributed by atoms with Crippen LogP contribution in [0.25, 0.3) is 0 Å². The van der Waals surface area contributed by atoms with Gasteiger partial charge < -0.3 is 15.5 Å². The third kappa shape index (κ3) is 2.70. The van der Waals surface area contributed by atoms with Gasteiger partial charge in [0.1, 0.15) is 5.92 Å². The Kier molecular flexibility index (Phi) is 4.13. The molecule has 0 aliphatic carbocycles. The molecule has 2 atom stereocenters. The Morgan fingerprint density at radius 1 is 1.35 bits per heavy atom. The van der Waals surface area contributed by atoms with E-state index >= 15 is 0 Å². The van der Waals surface area contributed by atoms with Gasteiger partial charge >= 0.3 is 6.03 Å². The molecule has 1 aromatic carbocycles. The van der Waals surface area contributed by atoms with E-state index in [-0.39, 0.29) is 11.9 Å². The van der Waals surface area contributed by atoms with Crippen LogP contribution in [0.3, 0.4) is 0 Å². The summed E-state index contributed by atoms with van der Waals surface area (Å²) in [5.74, 6) is -0.648. The van der Waals surface area contributed by atoms with Crippen LogP contribution in [0.1, 0.15) is 11.6 Å². The van der Waals surface area contributed by atoms with Crippen LogP contribution in [0.15, 0.2) is 41.0 Å². The Hall–Kier alpha value is -1.82. The van der Waals surface area contributed by atoms with Crippen molar-refractivity contribution in [3.63, 3.8) is 0 Å². The fourth-order valence-corrected chi connectivity index (χ4v) is 2.77. The second-order valence-electron chi connectivity index (χ2n) is 4.83.